The average molecular weight is 512 g/mol. The summed E-state index contributed by atoms with van der Waals surface area (Å²) < 4.78 is 40.6. The van der Waals surface area contributed by atoms with E-state index < -0.39 is 40.2 Å². The molecule has 0 aliphatic carbocycles. The largest absolute Gasteiger partial charge is 0.354 e. The molecule has 0 spiro atoms. The summed E-state index contributed by atoms with van der Waals surface area (Å²) in [6.45, 7) is 4.86. The van der Waals surface area contributed by atoms with Gasteiger partial charge in [0, 0.05) is 23.7 Å². The van der Waals surface area contributed by atoms with Crippen LogP contribution in [0.2, 0.25) is 5.02 Å². The lowest BCUT2D eigenvalue weighted by Crippen LogP contribution is -2.51. The van der Waals surface area contributed by atoms with Crippen LogP contribution in [0.5, 0.6) is 0 Å². The van der Waals surface area contributed by atoms with E-state index in [1.807, 2.05) is 6.92 Å². The van der Waals surface area contributed by atoms with Crippen molar-refractivity contribution < 1.29 is 22.4 Å². The number of rotatable bonds is 11. The van der Waals surface area contributed by atoms with Crippen LogP contribution in [-0.4, -0.2) is 50.5 Å². The third-order valence-corrected chi connectivity index (χ3v) is 7.02. The van der Waals surface area contributed by atoms with E-state index in [-0.39, 0.29) is 17.8 Å². The van der Waals surface area contributed by atoms with Crippen molar-refractivity contribution in [2.75, 3.05) is 23.7 Å². The van der Waals surface area contributed by atoms with Gasteiger partial charge < -0.3 is 10.2 Å². The average Bonchev–Trinajstić information content (AvgIpc) is 2.77. The Bertz CT molecular complexity index is 1130. The summed E-state index contributed by atoms with van der Waals surface area (Å²) >= 11 is 6.17. The van der Waals surface area contributed by atoms with Crippen molar-refractivity contribution in [1.29, 1.82) is 0 Å². The monoisotopic (exact) mass is 511 g/mol. The molecular weight excluding hydrogens is 481 g/mol. The van der Waals surface area contributed by atoms with Gasteiger partial charge >= 0.3 is 0 Å². The number of halogens is 2. The molecule has 0 radical (unpaired) electrons. The van der Waals surface area contributed by atoms with E-state index in [4.69, 9.17) is 11.6 Å². The molecule has 10 heteroatoms. The summed E-state index contributed by atoms with van der Waals surface area (Å²) in [5.41, 5.74) is 0.969. The van der Waals surface area contributed by atoms with E-state index in [1.165, 1.54) is 30.0 Å². The number of unbranched alkanes of at least 4 members (excludes halogenated alkanes) is 1. The molecule has 1 atom stereocenters. The smallest absolute Gasteiger partial charge is 0.244 e. The first kappa shape index (κ1) is 27.6. The molecule has 0 fully saturated rings. The van der Waals surface area contributed by atoms with Crippen LogP contribution in [0.15, 0.2) is 42.5 Å². The number of nitrogens with one attached hydrogen (secondary N) is 1. The van der Waals surface area contributed by atoms with Crippen LogP contribution in [0, 0.1) is 12.7 Å². The van der Waals surface area contributed by atoms with E-state index in [0.29, 0.717) is 17.1 Å². The van der Waals surface area contributed by atoms with E-state index in [9.17, 15) is 22.4 Å². The van der Waals surface area contributed by atoms with Crippen LogP contribution in [0.4, 0.5) is 10.1 Å². The van der Waals surface area contributed by atoms with E-state index in [1.54, 1.807) is 31.2 Å². The molecular formula is C24H31ClFN3O4S. The number of hydrogen-bond donors (Lipinski definition) is 1. The molecule has 2 aromatic carbocycles. The molecule has 0 saturated heterocycles. The van der Waals surface area contributed by atoms with Gasteiger partial charge in [0.2, 0.25) is 21.8 Å². The fraction of sp³-hybridized carbons (Fsp3) is 0.417. The third-order valence-electron chi connectivity index (χ3n) is 5.48. The number of hydrogen-bond acceptors (Lipinski definition) is 4. The molecule has 1 unspecified atom stereocenters. The minimum atomic E-state index is -3.88. The maximum absolute atomic E-state index is 14.4. The third kappa shape index (κ3) is 7.17. The van der Waals surface area contributed by atoms with Crippen LogP contribution < -0.4 is 9.62 Å². The molecule has 0 bridgehead atoms. The van der Waals surface area contributed by atoms with Gasteiger partial charge in [-0.05, 0) is 44.0 Å². The Balaban J connectivity index is 2.41. The molecule has 1 N–H and O–H groups in total. The van der Waals surface area contributed by atoms with Crippen molar-refractivity contribution in [2.45, 2.75) is 46.2 Å². The highest BCUT2D eigenvalue weighted by atomic mass is 35.5. The van der Waals surface area contributed by atoms with Crippen molar-refractivity contribution >= 4 is 39.1 Å². The zero-order valence-corrected chi connectivity index (χ0v) is 21.4. The van der Waals surface area contributed by atoms with Gasteiger partial charge in [-0.25, -0.2) is 12.8 Å². The lowest BCUT2D eigenvalue weighted by atomic mass is 10.1. The number of anilines is 1. The molecule has 7 nitrogen and oxygen atoms in total. The molecule has 0 saturated carbocycles. The normalized spacial score (nSPS) is 12.2. The highest BCUT2D eigenvalue weighted by molar-refractivity contribution is 7.92. The molecule has 34 heavy (non-hydrogen) atoms. The van der Waals surface area contributed by atoms with Gasteiger partial charge in [-0.2, -0.15) is 0 Å². The number of benzene rings is 2. The van der Waals surface area contributed by atoms with Gasteiger partial charge in [0.25, 0.3) is 0 Å². The second-order valence-electron chi connectivity index (χ2n) is 8.09. The summed E-state index contributed by atoms with van der Waals surface area (Å²) in [4.78, 5) is 27.4. The van der Waals surface area contributed by atoms with Crippen LogP contribution in [-0.2, 0) is 26.2 Å². The minimum Gasteiger partial charge on any atom is -0.354 e. The minimum absolute atomic E-state index is 0.194. The first-order chi connectivity index (χ1) is 16.0. The van der Waals surface area contributed by atoms with Crippen molar-refractivity contribution in [3.05, 3.63) is 64.4 Å². The molecule has 2 aromatic rings. The first-order valence-electron chi connectivity index (χ1n) is 11.0. The van der Waals surface area contributed by atoms with E-state index >= 15 is 0 Å². The number of amides is 2. The fourth-order valence-electron chi connectivity index (χ4n) is 3.39. The standard InChI is InChI=1S/C24H31ClFN3O4S/c1-5-6-14-27-24(31)18(3)28(15-19-10-7-8-12-21(19)26)23(30)16-29(34(4,32)33)22-13-9-11-20(25)17(22)2/h7-13,18H,5-6,14-16H2,1-4H3,(H,27,31). The summed E-state index contributed by atoms with van der Waals surface area (Å²) in [7, 11) is -3.88. The Hall–Kier alpha value is -2.65. The zero-order chi connectivity index (χ0) is 25.5. The van der Waals surface area contributed by atoms with Crippen molar-refractivity contribution in [1.82, 2.24) is 10.2 Å². The molecule has 186 valence electrons. The van der Waals surface area contributed by atoms with Crippen LogP contribution >= 0.6 is 11.6 Å². The Kier molecular flexibility index (Phi) is 9.88. The van der Waals surface area contributed by atoms with Crippen LogP contribution in [0.1, 0.15) is 37.8 Å². The first-order valence-corrected chi connectivity index (χ1v) is 13.2. The lowest BCUT2D eigenvalue weighted by Gasteiger charge is -2.32. The number of carbonyl (C=O) groups is 2. The molecule has 0 aliphatic rings. The Morgan fingerprint density at radius 2 is 1.82 bits per heavy atom. The van der Waals surface area contributed by atoms with Gasteiger partial charge in [-0.15, -0.1) is 0 Å². The van der Waals surface area contributed by atoms with Crippen molar-refractivity contribution in [3.8, 4) is 0 Å². The fourth-order valence-corrected chi connectivity index (χ4v) is 4.46. The topological polar surface area (TPSA) is 86.8 Å². The van der Waals surface area contributed by atoms with Gasteiger partial charge in [-0.3, -0.25) is 13.9 Å². The number of nitrogens with zero attached hydrogens (tertiary/aromatic N) is 2. The van der Waals surface area contributed by atoms with Gasteiger partial charge in [0.05, 0.1) is 11.9 Å². The Labute approximate surface area is 205 Å². The Morgan fingerprint density at radius 1 is 1.15 bits per heavy atom. The lowest BCUT2D eigenvalue weighted by molar-refractivity contribution is -0.139. The summed E-state index contributed by atoms with van der Waals surface area (Å²) in [5.74, 6) is -1.57. The highest BCUT2D eigenvalue weighted by Crippen LogP contribution is 2.28. The quantitative estimate of drug-likeness (QED) is 0.464. The molecule has 2 amide bonds. The van der Waals surface area contributed by atoms with Gasteiger partial charge in [0.1, 0.15) is 18.4 Å². The maximum atomic E-state index is 14.4. The highest BCUT2D eigenvalue weighted by Gasteiger charge is 2.31. The van der Waals surface area contributed by atoms with Crippen molar-refractivity contribution in [2.24, 2.45) is 0 Å². The number of sulfonamides is 1. The predicted octanol–water partition coefficient (Wildman–Crippen LogP) is 3.89. The van der Waals surface area contributed by atoms with Crippen molar-refractivity contribution in [3.63, 3.8) is 0 Å². The second kappa shape index (κ2) is 12.2. The van der Waals surface area contributed by atoms with Crippen LogP contribution in [0.25, 0.3) is 0 Å². The molecule has 2 rings (SSSR count). The molecule has 0 aliphatic heterocycles. The molecule has 0 heterocycles. The van der Waals surface area contributed by atoms with Gasteiger partial charge in [0.15, 0.2) is 0 Å². The molecule has 0 aromatic heterocycles. The zero-order valence-electron chi connectivity index (χ0n) is 19.8. The number of carbonyl (C=O) groups excluding carboxylic acids is 2. The van der Waals surface area contributed by atoms with E-state index in [0.717, 1.165) is 23.4 Å². The predicted molar refractivity (Wildman–Crippen MR) is 133 cm³/mol. The summed E-state index contributed by atoms with van der Waals surface area (Å²) in [6.07, 6.45) is 2.65. The Morgan fingerprint density at radius 3 is 2.44 bits per heavy atom. The van der Waals surface area contributed by atoms with Crippen LogP contribution in [0.3, 0.4) is 0 Å². The maximum Gasteiger partial charge on any atom is 0.244 e. The second-order valence-corrected chi connectivity index (χ2v) is 10.4. The SMILES string of the molecule is CCCCNC(=O)C(C)N(Cc1ccccc1F)C(=O)CN(c1cccc(Cl)c1C)S(C)(=O)=O. The van der Waals surface area contributed by atoms with E-state index in [2.05, 4.69) is 5.32 Å². The summed E-state index contributed by atoms with van der Waals surface area (Å²) in [5, 5.41) is 3.13. The summed E-state index contributed by atoms with van der Waals surface area (Å²) in [6, 6.07) is 9.76. The van der Waals surface area contributed by atoms with Gasteiger partial charge in [-0.1, -0.05) is 49.2 Å².